The van der Waals surface area contributed by atoms with E-state index in [1.807, 2.05) is 0 Å². The first-order valence-corrected chi connectivity index (χ1v) is 8.01. The molecule has 0 N–H and O–H groups in total. The van der Waals surface area contributed by atoms with E-state index < -0.39 is 9.04 Å². The third-order valence-electron chi connectivity index (χ3n) is 2.39. The lowest BCUT2D eigenvalue weighted by molar-refractivity contribution is 0.351. The van der Waals surface area contributed by atoms with Gasteiger partial charge < -0.3 is 4.43 Å². The van der Waals surface area contributed by atoms with Crippen LogP contribution in [0.3, 0.4) is 0 Å². The van der Waals surface area contributed by atoms with Gasteiger partial charge in [0.1, 0.15) is 0 Å². The predicted molar refractivity (Wildman–Crippen MR) is 69.6 cm³/mol. The van der Waals surface area contributed by atoms with E-state index in [1.165, 1.54) is 24.1 Å². The summed E-state index contributed by atoms with van der Waals surface area (Å²) in [6.07, 6.45) is 2.49. The quantitative estimate of drug-likeness (QED) is 0.528. The van der Waals surface area contributed by atoms with Crippen molar-refractivity contribution in [2.45, 2.75) is 25.8 Å². The third-order valence-corrected chi connectivity index (χ3v) is 5.24. The summed E-state index contributed by atoms with van der Waals surface area (Å²) < 4.78 is 5.89. The number of hydrogen-bond donors (Lipinski definition) is 0. The van der Waals surface area contributed by atoms with Crippen LogP contribution in [0, 0.1) is 0 Å². The molecule has 0 spiro atoms. The first-order chi connectivity index (χ1) is 7.38. The van der Waals surface area contributed by atoms with Crippen LogP contribution in [0.5, 0.6) is 0 Å². The molecule has 0 heterocycles. The van der Waals surface area contributed by atoms with Crippen molar-refractivity contribution >= 4 is 25.8 Å². The number of hydrogen-bond acceptors (Lipinski definition) is 1. The van der Waals surface area contributed by atoms with E-state index in [9.17, 15) is 0 Å². The van der Waals surface area contributed by atoms with Crippen LogP contribution < -0.4 is 5.19 Å². The average molecular weight is 243 g/mol. The molecule has 0 aliphatic carbocycles. The molecule has 0 saturated carbocycles. The Morgan fingerprint density at radius 2 is 2.00 bits per heavy atom. The highest BCUT2D eigenvalue weighted by atomic mass is 35.5. The molecule has 15 heavy (non-hydrogen) atoms. The van der Waals surface area contributed by atoms with E-state index in [0.717, 1.165) is 0 Å². The van der Waals surface area contributed by atoms with E-state index in [2.05, 4.69) is 37.3 Å². The molecule has 1 atom stereocenters. The SMILES string of the molecule is CCCC[SiH](OCCCl)c1ccccc1. The van der Waals surface area contributed by atoms with Crippen LogP contribution in [-0.4, -0.2) is 21.5 Å². The van der Waals surface area contributed by atoms with E-state index in [-0.39, 0.29) is 0 Å². The fourth-order valence-corrected chi connectivity index (χ4v) is 4.35. The van der Waals surface area contributed by atoms with Gasteiger partial charge in [-0.25, -0.2) is 0 Å². The van der Waals surface area contributed by atoms with Crippen LogP contribution >= 0.6 is 11.6 Å². The summed E-state index contributed by atoms with van der Waals surface area (Å²) >= 11 is 5.66. The fourth-order valence-electron chi connectivity index (χ4n) is 1.59. The minimum atomic E-state index is -1.21. The van der Waals surface area contributed by atoms with Crippen molar-refractivity contribution in [1.29, 1.82) is 0 Å². The van der Waals surface area contributed by atoms with Gasteiger partial charge in [-0.05, 0) is 11.2 Å². The molecule has 84 valence electrons. The Bertz CT molecular complexity index is 245. The number of halogens is 1. The zero-order valence-corrected chi connectivity index (χ0v) is 11.2. The van der Waals surface area contributed by atoms with Gasteiger partial charge in [0.2, 0.25) is 9.04 Å². The maximum Gasteiger partial charge on any atom is 0.208 e. The van der Waals surface area contributed by atoms with Crippen molar-refractivity contribution in [3.63, 3.8) is 0 Å². The molecule has 3 heteroatoms. The lowest BCUT2D eigenvalue weighted by atomic mass is 10.4. The summed E-state index contributed by atoms with van der Waals surface area (Å²) in [4.78, 5) is 0. The summed E-state index contributed by atoms with van der Waals surface area (Å²) in [5.41, 5.74) is 0. The van der Waals surface area contributed by atoms with Crippen molar-refractivity contribution in [2.24, 2.45) is 0 Å². The van der Waals surface area contributed by atoms with Crippen LogP contribution in [0.1, 0.15) is 19.8 Å². The van der Waals surface area contributed by atoms with Gasteiger partial charge in [-0.2, -0.15) is 0 Å². The second-order valence-electron chi connectivity index (χ2n) is 3.60. The Morgan fingerprint density at radius 1 is 1.27 bits per heavy atom. The highest BCUT2D eigenvalue weighted by Crippen LogP contribution is 2.04. The van der Waals surface area contributed by atoms with Crippen molar-refractivity contribution in [3.8, 4) is 0 Å². The van der Waals surface area contributed by atoms with Gasteiger partial charge in [-0.3, -0.25) is 0 Å². The maximum atomic E-state index is 5.89. The average Bonchev–Trinajstić information content (AvgIpc) is 2.30. The van der Waals surface area contributed by atoms with Crippen LogP contribution in [0.15, 0.2) is 30.3 Å². The molecule has 0 bridgehead atoms. The van der Waals surface area contributed by atoms with Crippen molar-refractivity contribution in [2.75, 3.05) is 12.5 Å². The molecular weight excluding hydrogens is 224 g/mol. The zero-order chi connectivity index (χ0) is 10.9. The van der Waals surface area contributed by atoms with Gasteiger partial charge in [0.25, 0.3) is 0 Å². The first kappa shape index (κ1) is 12.8. The molecule has 0 radical (unpaired) electrons. The Balaban J connectivity index is 2.55. The minimum Gasteiger partial charge on any atom is -0.414 e. The Labute approximate surface area is 99.1 Å². The summed E-state index contributed by atoms with van der Waals surface area (Å²) in [7, 11) is -1.21. The van der Waals surface area contributed by atoms with Gasteiger partial charge >= 0.3 is 0 Å². The Hall–Kier alpha value is -0.313. The Morgan fingerprint density at radius 3 is 2.60 bits per heavy atom. The topological polar surface area (TPSA) is 9.23 Å². The predicted octanol–water partition coefficient (Wildman–Crippen LogP) is 2.67. The smallest absolute Gasteiger partial charge is 0.208 e. The van der Waals surface area contributed by atoms with E-state index >= 15 is 0 Å². The van der Waals surface area contributed by atoms with Crippen LogP contribution in [0.4, 0.5) is 0 Å². The molecule has 0 fully saturated rings. The lowest BCUT2D eigenvalue weighted by Crippen LogP contribution is -2.33. The summed E-state index contributed by atoms with van der Waals surface area (Å²) in [5.74, 6) is 0.600. The maximum absolute atomic E-state index is 5.89. The van der Waals surface area contributed by atoms with Gasteiger partial charge in [0.05, 0.1) is 0 Å². The van der Waals surface area contributed by atoms with Crippen molar-refractivity contribution in [3.05, 3.63) is 30.3 Å². The molecular formula is C12H19ClOSi. The molecule has 0 amide bonds. The summed E-state index contributed by atoms with van der Waals surface area (Å²) in [6, 6.07) is 11.8. The molecule has 0 saturated heterocycles. The highest BCUT2D eigenvalue weighted by molar-refractivity contribution is 6.67. The summed E-state index contributed by atoms with van der Waals surface area (Å²) in [6.45, 7) is 2.91. The lowest BCUT2D eigenvalue weighted by Gasteiger charge is -2.15. The molecule has 0 aromatic heterocycles. The van der Waals surface area contributed by atoms with Crippen molar-refractivity contribution in [1.82, 2.24) is 0 Å². The normalized spacial score (nSPS) is 12.7. The molecule has 0 aliphatic heterocycles. The third kappa shape index (κ3) is 4.82. The standard InChI is InChI=1S/C12H19ClOSi/c1-2-3-11-15(14-10-9-13)12-7-5-4-6-8-12/h4-8,15H,2-3,9-11H2,1H3. The summed E-state index contributed by atoms with van der Waals surface area (Å²) in [5, 5.41) is 1.40. The van der Waals surface area contributed by atoms with E-state index in [0.29, 0.717) is 12.5 Å². The molecule has 1 nitrogen and oxygen atoms in total. The second-order valence-corrected chi connectivity index (χ2v) is 6.53. The van der Waals surface area contributed by atoms with E-state index in [1.54, 1.807) is 0 Å². The molecule has 1 unspecified atom stereocenters. The fraction of sp³-hybridized carbons (Fsp3) is 0.500. The molecule has 1 rings (SSSR count). The van der Waals surface area contributed by atoms with E-state index in [4.69, 9.17) is 16.0 Å². The number of benzene rings is 1. The highest BCUT2D eigenvalue weighted by Gasteiger charge is 2.13. The van der Waals surface area contributed by atoms with Gasteiger partial charge in [0.15, 0.2) is 0 Å². The zero-order valence-electron chi connectivity index (χ0n) is 9.29. The second kappa shape index (κ2) is 7.91. The minimum absolute atomic E-state index is 0.600. The van der Waals surface area contributed by atoms with Crippen LogP contribution in [0.2, 0.25) is 6.04 Å². The largest absolute Gasteiger partial charge is 0.414 e. The van der Waals surface area contributed by atoms with Gasteiger partial charge in [0, 0.05) is 12.5 Å². The molecule has 1 aromatic carbocycles. The van der Waals surface area contributed by atoms with Crippen molar-refractivity contribution < 1.29 is 4.43 Å². The monoisotopic (exact) mass is 242 g/mol. The first-order valence-electron chi connectivity index (χ1n) is 5.61. The number of rotatable bonds is 7. The molecule has 1 aromatic rings. The number of alkyl halides is 1. The Kier molecular flexibility index (Phi) is 6.73. The van der Waals surface area contributed by atoms with Gasteiger partial charge in [-0.15, -0.1) is 11.6 Å². The van der Waals surface area contributed by atoms with Crippen LogP contribution in [0.25, 0.3) is 0 Å². The van der Waals surface area contributed by atoms with Crippen LogP contribution in [-0.2, 0) is 4.43 Å². The van der Waals surface area contributed by atoms with Gasteiger partial charge in [-0.1, -0.05) is 50.1 Å². The number of unbranched alkanes of at least 4 members (excludes halogenated alkanes) is 1. The molecule has 0 aliphatic rings.